The number of ether oxygens (including phenoxy) is 1. The molecule has 21 heavy (non-hydrogen) atoms. The van der Waals surface area contributed by atoms with Gasteiger partial charge in [0.1, 0.15) is 5.75 Å². The zero-order chi connectivity index (χ0) is 15.7. The second-order valence-corrected chi connectivity index (χ2v) is 6.32. The molecular weight excluding hydrogens is 332 g/mol. The number of halogens is 1. The highest BCUT2D eigenvalue weighted by atomic mass is 79.9. The fraction of sp³-hybridized carbons (Fsp3) is 0.562. The van der Waals surface area contributed by atoms with Crippen LogP contribution in [0.2, 0.25) is 0 Å². The molecule has 0 unspecified atom stereocenters. The van der Waals surface area contributed by atoms with Gasteiger partial charge in [-0.25, -0.2) is 0 Å². The van der Waals surface area contributed by atoms with Crippen LogP contribution in [0.5, 0.6) is 5.75 Å². The minimum atomic E-state index is 0.0229. The van der Waals surface area contributed by atoms with Gasteiger partial charge in [-0.15, -0.1) is 0 Å². The van der Waals surface area contributed by atoms with Crippen LogP contribution in [0, 0.1) is 5.92 Å². The lowest BCUT2D eigenvalue weighted by Gasteiger charge is -2.13. The summed E-state index contributed by atoms with van der Waals surface area (Å²) in [6.07, 6.45) is 0.973. The van der Waals surface area contributed by atoms with E-state index < -0.39 is 0 Å². The Morgan fingerprint density at radius 3 is 2.81 bits per heavy atom. The molecule has 0 aliphatic carbocycles. The predicted molar refractivity (Wildman–Crippen MR) is 89.5 cm³/mol. The summed E-state index contributed by atoms with van der Waals surface area (Å²) >= 11 is 3.46. The van der Waals surface area contributed by atoms with Crippen LogP contribution in [0.4, 0.5) is 0 Å². The SMILES string of the molecule is CCCOc1ccc(Br)cc1CNCC(=O)NCC(C)C. The van der Waals surface area contributed by atoms with Crippen molar-refractivity contribution in [3.05, 3.63) is 28.2 Å². The van der Waals surface area contributed by atoms with E-state index in [1.165, 1.54) is 0 Å². The summed E-state index contributed by atoms with van der Waals surface area (Å²) in [4.78, 5) is 11.6. The van der Waals surface area contributed by atoms with E-state index in [-0.39, 0.29) is 5.91 Å². The second kappa shape index (κ2) is 9.79. The largest absolute Gasteiger partial charge is 0.493 e. The van der Waals surface area contributed by atoms with Crippen LogP contribution in [-0.2, 0) is 11.3 Å². The number of carbonyl (C=O) groups is 1. The zero-order valence-corrected chi connectivity index (χ0v) is 14.6. The van der Waals surface area contributed by atoms with Crippen molar-refractivity contribution >= 4 is 21.8 Å². The molecule has 1 rings (SSSR count). The molecule has 0 aromatic heterocycles. The van der Waals surface area contributed by atoms with Crippen molar-refractivity contribution in [2.45, 2.75) is 33.7 Å². The highest BCUT2D eigenvalue weighted by molar-refractivity contribution is 9.10. The van der Waals surface area contributed by atoms with Crippen molar-refractivity contribution in [3.63, 3.8) is 0 Å². The lowest BCUT2D eigenvalue weighted by molar-refractivity contribution is -0.120. The Balaban J connectivity index is 2.46. The van der Waals surface area contributed by atoms with E-state index >= 15 is 0 Å². The number of rotatable bonds is 9. The fourth-order valence-corrected chi connectivity index (χ4v) is 2.14. The summed E-state index contributed by atoms with van der Waals surface area (Å²) in [6, 6.07) is 5.93. The molecule has 0 saturated heterocycles. The van der Waals surface area contributed by atoms with E-state index in [2.05, 4.69) is 47.3 Å². The average Bonchev–Trinajstić information content (AvgIpc) is 2.44. The van der Waals surface area contributed by atoms with Gasteiger partial charge in [0.2, 0.25) is 5.91 Å². The van der Waals surface area contributed by atoms with E-state index in [9.17, 15) is 4.79 Å². The molecule has 0 bridgehead atoms. The maximum Gasteiger partial charge on any atom is 0.233 e. The van der Waals surface area contributed by atoms with E-state index in [0.717, 1.165) is 22.2 Å². The van der Waals surface area contributed by atoms with Gasteiger partial charge in [-0.2, -0.15) is 0 Å². The maximum atomic E-state index is 11.6. The first-order valence-corrected chi connectivity index (χ1v) is 8.20. The first-order valence-electron chi connectivity index (χ1n) is 7.41. The number of amides is 1. The first-order chi connectivity index (χ1) is 10.0. The minimum Gasteiger partial charge on any atom is -0.493 e. The molecule has 0 heterocycles. The molecule has 5 heteroatoms. The Morgan fingerprint density at radius 1 is 1.38 bits per heavy atom. The van der Waals surface area contributed by atoms with Crippen LogP contribution < -0.4 is 15.4 Å². The van der Waals surface area contributed by atoms with Crippen LogP contribution >= 0.6 is 15.9 Å². The van der Waals surface area contributed by atoms with E-state index in [4.69, 9.17) is 4.74 Å². The molecular formula is C16H25BrN2O2. The molecule has 4 nitrogen and oxygen atoms in total. The molecule has 2 N–H and O–H groups in total. The van der Waals surface area contributed by atoms with E-state index in [1.807, 2.05) is 18.2 Å². The molecule has 0 aliphatic rings. The van der Waals surface area contributed by atoms with Crippen molar-refractivity contribution in [2.24, 2.45) is 5.92 Å². The molecule has 1 amide bonds. The predicted octanol–water partition coefficient (Wildman–Crippen LogP) is 3.10. The summed E-state index contributed by atoms with van der Waals surface area (Å²) in [7, 11) is 0. The van der Waals surface area contributed by atoms with Crippen molar-refractivity contribution in [1.29, 1.82) is 0 Å². The van der Waals surface area contributed by atoms with Crippen molar-refractivity contribution in [2.75, 3.05) is 19.7 Å². The summed E-state index contributed by atoms with van der Waals surface area (Å²) in [5, 5.41) is 6.04. The van der Waals surface area contributed by atoms with Gasteiger partial charge in [0.15, 0.2) is 0 Å². The number of carbonyl (C=O) groups excluding carboxylic acids is 1. The molecule has 1 aromatic rings. The van der Waals surface area contributed by atoms with Crippen molar-refractivity contribution in [3.8, 4) is 5.75 Å². The third-order valence-electron chi connectivity index (χ3n) is 2.79. The Labute approximate surface area is 135 Å². The van der Waals surface area contributed by atoms with Gasteiger partial charge in [0, 0.05) is 23.1 Å². The second-order valence-electron chi connectivity index (χ2n) is 5.40. The quantitative estimate of drug-likeness (QED) is 0.714. The molecule has 1 aromatic carbocycles. The zero-order valence-electron chi connectivity index (χ0n) is 13.0. The summed E-state index contributed by atoms with van der Waals surface area (Å²) in [6.45, 7) is 8.56. The van der Waals surface area contributed by atoms with Gasteiger partial charge in [0.25, 0.3) is 0 Å². The molecule has 0 fully saturated rings. The van der Waals surface area contributed by atoms with Crippen LogP contribution in [-0.4, -0.2) is 25.6 Å². The molecule has 0 aliphatic heterocycles. The molecule has 0 radical (unpaired) electrons. The summed E-state index contributed by atoms with van der Waals surface area (Å²) in [5.41, 5.74) is 1.05. The summed E-state index contributed by atoms with van der Waals surface area (Å²) in [5.74, 6) is 1.36. The van der Waals surface area contributed by atoms with Crippen molar-refractivity contribution < 1.29 is 9.53 Å². The Hall–Kier alpha value is -1.07. The van der Waals surface area contributed by atoms with Crippen LogP contribution in [0.15, 0.2) is 22.7 Å². The Morgan fingerprint density at radius 2 is 2.14 bits per heavy atom. The maximum absolute atomic E-state index is 11.6. The normalized spacial score (nSPS) is 10.7. The minimum absolute atomic E-state index is 0.0229. The van der Waals surface area contributed by atoms with Gasteiger partial charge in [-0.3, -0.25) is 4.79 Å². The fourth-order valence-electron chi connectivity index (χ4n) is 1.73. The van der Waals surface area contributed by atoms with Crippen LogP contribution in [0.25, 0.3) is 0 Å². The topological polar surface area (TPSA) is 50.4 Å². The highest BCUT2D eigenvalue weighted by Gasteiger charge is 2.06. The first kappa shape index (κ1) is 18.0. The van der Waals surface area contributed by atoms with Crippen LogP contribution in [0.1, 0.15) is 32.8 Å². The number of hydrogen-bond donors (Lipinski definition) is 2. The van der Waals surface area contributed by atoms with Gasteiger partial charge in [-0.1, -0.05) is 36.7 Å². The number of hydrogen-bond acceptors (Lipinski definition) is 3. The highest BCUT2D eigenvalue weighted by Crippen LogP contribution is 2.23. The van der Waals surface area contributed by atoms with E-state index in [0.29, 0.717) is 32.2 Å². The standard InChI is InChI=1S/C16H25BrN2O2/c1-4-7-21-15-6-5-14(17)8-13(15)10-18-11-16(20)19-9-12(2)3/h5-6,8,12,18H,4,7,9-11H2,1-3H3,(H,19,20). The number of nitrogens with one attached hydrogen (secondary N) is 2. The van der Waals surface area contributed by atoms with Crippen LogP contribution in [0.3, 0.4) is 0 Å². The number of benzene rings is 1. The smallest absolute Gasteiger partial charge is 0.233 e. The third kappa shape index (κ3) is 7.48. The molecule has 0 saturated carbocycles. The van der Waals surface area contributed by atoms with Crippen molar-refractivity contribution in [1.82, 2.24) is 10.6 Å². The molecule has 0 spiro atoms. The Kier molecular flexibility index (Phi) is 8.38. The summed E-state index contributed by atoms with van der Waals surface area (Å²) < 4.78 is 6.72. The van der Waals surface area contributed by atoms with Gasteiger partial charge < -0.3 is 15.4 Å². The molecule has 0 atom stereocenters. The van der Waals surface area contributed by atoms with Gasteiger partial charge in [0.05, 0.1) is 13.2 Å². The Bertz CT molecular complexity index is 450. The van der Waals surface area contributed by atoms with Gasteiger partial charge in [-0.05, 0) is 30.5 Å². The monoisotopic (exact) mass is 356 g/mol. The third-order valence-corrected chi connectivity index (χ3v) is 3.29. The van der Waals surface area contributed by atoms with Gasteiger partial charge >= 0.3 is 0 Å². The lowest BCUT2D eigenvalue weighted by Crippen LogP contribution is -2.35. The molecule has 118 valence electrons. The lowest BCUT2D eigenvalue weighted by atomic mass is 10.2. The average molecular weight is 357 g/mol. The van der Waals surface area contributed by atoms with E-state index in [1.54, 1.807) is 0 Å².